The number of hydrogen-bond acceptors (Lipinski definition) is 4. The van der Waals surface area contributed by atoms with Crippen molar-refractivity contribution in [1.82, 2.24) is 9.38 Å². The van der Waals surface area contributed by atoms with Gasteiger partial charge < -0.3 is 9.47 Å². The molecule has 0 bridgehead atoms. The molecule has 0 atom stereocenters. The Bertz CT molecular complexity index is 584. The van der Waals surface area contributed by atoms with E-state index in [0.29, 0.717) is 19.4 Å². The first-order chi connectivity index (χ1) is 9.46. The smallest absolute Gasteiger partial charge is 0.306 e. The van der Waals surface area contributed by atoms with Crippen molar-refractivity contribution in [2.24, 2.45) is 0 Å². The van der Waals surface area contributed by atoms with E-state index in [9.17, 15) is 4.79 Å². The molecular formula is C15H20N2O3. The summed E-state index contributed by atoms with van der Waals surface area (Å²) in [4.78, 5) is 15.7. The van der Waals surface area contributed by atoms with Crippen LogP contribution in [0.2, 0.25) is 0 Å². The molecule has 0 unspecified atom stereocenters. The van der Waals surface area contributed by atoms with Gasteiger partial charge in [0.05, 0.1) is 6.61 Å². The number of rotatable bonds is 5. The van der Waals surface area contributed by atoms with E-state index in [2.05, 4.69) is 4.98 Å². The average Bonchev–Trinajstić information content (AvgIpc) is 2.81. The molecule has 0 spiro atoms. The average molecular weight is 276 g/mol. The summed E-state index contributed by atoms with van der Waals surface area (Å²) >= 11 is 0. The van der Waals surface area contributed by atoms with Crippen molar-refractivity contribution in [2.45, 2.75) is 39.2 Å². The van der Waals surface area contributed by atoms with Gasteiger partial charge in [0.15, 0.2) is 5.88 Å². The molecule has 0 saturated carbocycles. The predicted molar refractivity (Wildman–Crippen MR) is 75.8 cm³/mol. The molecule has 20 heavy (non-hydrogen) atoms. The van der Waals surface area contributed by atoms with Crippen molar-refractivity contribution in [3.63, 3.8) is 0 Å². The van der Waals surface area contributed by atoms with Gasteiger partial charge in [-0.05, 0) is 39.3 Å². The Labute approximate surface area is 118 Å². The second-order valence-electron chi connectivity index (χ2n) is 5.56. The van der Waals surface area contributed by atoms with Gasteiger partial charge in [0.2, 0.25) is 0 Å². The molecule has 5 nitrogen and oxygen atoms in total. The van der Waals surface area contributed by atoms with Crippen LogP contribution < -0.4 is 4.74 Å². The minimum absolute atomic E-state index is 0.193. The van der Waals surface area contributed by atoms with Crippen molar-refractivity contribution in [3.8, 4) is 5.88 Å². The summed E-state index contributed by atoms with van der Waals surface area (Å²) in [5.41, 5.74) is 0.412. The van der Waals surface area contributed by atoms with E-state index in [1.54, 1.807) is 6.20 Å². The standard InChI is InChI=1S/C15H20N2O3/c1-15(2,3)20-14(18)8-5-11-19-13-7-4-6-12-16-9-10-17(12)13/h4,6-7,9-10H,5,8,11H2,1-3H3. The molecule has 2 aromatic heterocycles. The van der Waals surface area contributed by atoms with Gasteiger partial charge in [-0.3, -0.25) is 9.20 Å². The maximum Gasteiger partial charge on any atom is 0.306 e. The number of carbonyl (C=O) groups is 1. The van der Waals surface area contributed by atoms with Crippen LogP contribution in [-0.4, -0.2) is 27.6 Å². The molecule has 0 aliphatic rings. The zero-order chi connectivity index (χ0) is 14.6. The highest BCUT2D eigenvalue weighted by atomic mass is 16.6. The molecule has 0 radical (unpaired) electrons. The number of aromatic nitrogens is 2. The van der Waals surface area contributed by atoms with Crippen LogP contribution in [0.1, 0.15) is 33.6 Å². The molecule has 0 aliphatic heterocycles. The van der Waals surface area contributed by atoms with Crippen LogP contribution in [0.25, 0.3) is 5.65 Å². The van der Waals surface area contributed by atoms with Crippen molar-refractivity contribution < 1.29 is 14.3 Å². The monoisotopic (exact) mass is 276 g/mol. The molecule has 0 fully saturated rings. The van der Waals surface area contributed by atoms with E-state index in [1.165, 1.54) is 0 Å². The lowest BCUT2D eigenvalue weighted by Crippen LogP contribution is -2.24. The van der Waals surface area contributed by atoms with Gasteiger partial charge in [-0.1, -0.05) is 6.07 Å². The Balaban J connectivity index is 1.79. The van der Waals surface area contributed by atoms with Crippen LogP contribution in [0.15, 0.2) is 30.6 Å². The summed E-state index contributed by atoms with van der Waals surface area (Å²) in [6.45, 7) is 6.06. The van der Waals surface area contributed by atoms with E-state index in [1.807, 2.05) is 49.6 Å². The van der Waals surface area contributed by atoms with Gasteiger partial charge in [-0.2, -0.15) is 0 Å². The Morgan fingerprint density at radius 1 is 1.35 bits per heavy atom. The summed E-state index contributed by atoms with van der Waals surface area (Å²) in [7, 11) is 0. The lowest BCUT2D eigenvalue weighted by atomic mass is 10.2. The summed E-state index contributed by atoms with van der Waals surface area (Å²) < 4.78 is 12.8. The van der Waals surface area contributed by atoms with Gasteiger partial charge in [0.1, 0.15) is 11.2 Å². The fourth-order valence-corrected chi connectivity index (χ4v) is 1.82. The normalized spacial score (nSPS) is 11.6. The first-order valence-electron chi connectivity index (χ1n) is 6.72. The first kappa shape index (κ1) is 14.4. The van der Waals surface area contributed by atoms with Gasteiger partial charge >= 0.3 is 5.97 Å². The van der Waals surface area contributed by atoms with Crippen LogP contribution in [0.3, 0.4) is 0 Å². The Morgan fingerprint density at radius 2 is 2.15 bits per heavy atom. The minimum Gasteiger partial charge on any atom is -0.479 e. The Kier molecular flexibility index (Phi) is 4.27. The topological polar surface area (TPSA) is 52.8 Å². The first-order valence-corrected chi connectivity index (χ1v) is 6.72. The quantitative estimate of drug-likeness (QED) is 0.622. The molecule has 0 N–H and O–H groups in total. The van der Waals surface area contributed by atoms with Crippen molar-refractivity contribution in [2.75, 3.05) is 6.61 Å². The van der Waals surface area contributed by atoms with Crippen LogP contribution >= 0.6 is 0 Å². The molecule has 5 heteroatoms. The van der Waals surface area contributed by atoms with Crippen molar-refractivity contribution in [1.29, 1.82) is 0 Å². The Hall–Kier alpha value is -2.04. The summed E-state index contributed by atoms with van der Waals surface area (Å²) in [5, 5.41) is 0. The lowest BCUT2D eigenvalue weighted by Gasteiger charge is -2.19. The van der Waals surface area contributed by atoms with E-state index in [4.69, 9.17) is 9.47 Å². The van der Waals surface area contributed by atoms with Crippen LogP contribution in [-0.2, 0) is 9.53 Å². The lowest BCUT2D eigenvalue weighted by molar-refractivity contribution is -0.155. The second-order valence-corrected chi connectivity index (χ2v) is 5.56. The van der Waals surface area contributed by atoms with E-state index in [-0.39, 0.29) is 5.97 Å². The number of fused-ring (bicyclic) bond motifs is 1. The summed E-state index contributed by atoms with van der Waals surface area (Å²) in [5.74, 6) is 0.533. The molecule has 108 valence electrons. The van der Waals surface area contributed by atoms with Gasteiger partial charge in [-0.15, -0.1) is 0 Å². The van der Waals surface area contributed by atoms with E-state index >= 15 is 0 Å². The van der Waals surface area contributed by atoms with Gasteiger partial charge in [0, 0.05) is 18.8 Å². The van der Waals surface area contributed by atoms with E-state index in [0.717, 1.165) is 11.5 Å². The number of imidazole rings is 1. The third kappa shape index (κ3) is 3.98. The number of carbonyl (C=O) groups excluding carboxylic acids is 1. The second kappa shape index (κ2) is 5.94. The number of ether oxygens (including phenoxy) is 2. The molecule has 2 aromatic rings. The highest BCUT2D eigenvalue weighted by Gasteiger charge is 2.15. The molecular weight excluding hydrogens is 256 g/mol. The van der Waals surface area contributed by atoms with Crippen LogP contribution in [0.4, 0.5) is 0 Å². The molecule has 0 aliphatic carbocycles. The molecule has 0 saturated heterocycles. The molecule has 0 aromatic carbocycles. The highest BCUT2D eigenvalue weighted by molar-refractivity contribution is 5.69. The maximum absolute atomic E-state index is 11.5. The predicted octanol–water partition coefficient (Wildman–Crippen LogP) is 2.84. The van der Waals surface area contributed by atoms with Crippen molar-refractivity contribution >= 4 is 11.6 Å². The summed E-state index contributed by atoms with van der Waals surface area (Å²) in [6.07, 6.45) is 4.55. The highest BCUT2D eigenvalue weighted by Crippen LogP contribution is 2.14. The fourth-order valence-electron chi connectivity index (χ4n) is 1.82. The van der Waals surface area contributed by atoms with Crippen LogP contribution in [0.5, 0.6) is 5.88 Å². The van der Waals surface area contributed by atoms with Crippen LogP contribution in [0, 0.1) is 0 Å². The molecule has 2 rings (SSSR count). The van der Waals surface area contributed by atoms with Gasteiger partial charge in [0.25, 0.3) is 0 Å². The largest absolute Gasteiger partial charge is 0.479 e. The fraction of sp³-hybridized carbons (Fsp3) is 0.467. The minimum atomic E-state index is -0.430. The maximum atomic E-state index is 11.5. The third-order valence-electron chi connectivity index (χ3n) is 2.59. The Morgan fingerprint density at radius 3 is 2.90 bits per heavy atom. The van der Waals surface area contributed by atoms with E-state index < -0.39 is 5.60 Å². The molecule has 2 heterocycles. The summed E-state index contributed by atoms with van der Waals surface area (Å²) in [6, 6.07) is 5.68. The molecule has 0 amide bonds. The number of esters is 1. The zero-order valence-electron chi connectivity index (χ0n) is 12.1. The van der Waals surface area contributed by atoms with Crippen molar-refractivity contribution in [3.05, 3.63) is 30.6 Å². The number of nitrogens with zero attached hydrogens (tertiary/aromatic N) is 2. The zero-order valence-corrected chi connectivity index (χ0v) is 12.1. The van der Waals surface area contributed by atoms with Gasteiger partial charge in [-0.25, -0.2) is 4.98 Å². The SMILES string of the molecule is CC(C)(C)OC(=O)CCCOc1cccc2nccn12. The third-order valence-corrected chi connectivity index (χ3v) is 2.59. The number of pyridine rings is 1. The number of hydrogen-bond donors (Lipinski definition) is 0.